The first-order valence-electron chi connectivity index (χ1n) is 8.11. The van der Waals surface area contributed by atoms with E-state index in [1.54, 1.807) is 7.11 Å². The third-order valence-electron chi connectivity index (χ3n) is 4.67. The van der Waals surface area contributed by atoms with Crippen LogP contribution in [-0.2, 0) is 6.54 Å². The lowest BCUT2D eigenvalue weighted by molar-refractivity contribution is -0.529. The number of nitro groups is 1. The van der Waals surface area contributed by atoms with E-state index in [0.29, 0.717) is 24.8 Å². The summed E-state index contributed by atoms with van der Waals surface area (Å²) in [5.74, 6) is 0.623. The van der Waals surface area contributed by atoms with Crippen LogP contribution in [0, 0.1) is 17.0 Å². The Balaban J connectivity index is 2.34. The second kappa shape index (κ2) is 7.58. The van der Waals surface area contributed by atoms with Crippen molar-refractivity contribution >= 4 is 0 Å². The lowest BCUT2D eigenvalue weighted by atomic mass is 9.93. The van der Waals surface area contributed by atoms with E-state index in [1.165, 1.54) is 25.7 Å². The molecule has 2 rings (SSSR count). The maximum absolute atomic E-state index is 11.5. The molecule has 1 aromatic carbocycles. The van der Waals surface area contributed by atoms with Gasteiger partial charge in [-0.2, -0.15) is 0 Å². The molecular formula is C17H26N2O3. The maximum Gasteiger partial charge on any atom is 0.241 e. The molecule has 1 fully saturated rings. The molecule has 5 nitrogen and oxygen atoms in total. The molecule has 0 spiro atoms. The molecule has 0 radical (unpaired) electrons. The molecule has 5 heteroatoms. The van der Waals surface area contributed by atoms with Crippen molar-refractivity contribution in [3.05, 3.63) is 38.9 Å². The molecule has 1 aliphatic rings. The Morgan fingerprint density at radius 1 is 1.41 bits per heavy atom. The number of nitrogens with zero attached hydrogens (tertiary/aromatic N) is 1. The Hall–Kier alpha value is -1.62. The van der Waals surface area contributed by atoms with E-state index in [4.69, 9.17) is 4.74 Å². The molecule has 1 unspecified atom stereocenters. The topological polar surface area (TPSA) is 64.4 Å². The van der Waals surface area contributed by atoms with E-state index in [-0.39, 0.29) is 4.92 Å². The Kier molecular flexibility index (Phi) is 5.77. The van der Waals surface area contributed by atoms with E-state index < -0.39 is 6.04 Å². The van der Waals surface area contributed by atoms with Gasteiger partial charge >= 0.3 is 0 Å². The summed E-state index contributed by atoms with van der Waals surface area (Å²) in [6.07, 6.45) is 5.40. The lowest BCUT2D eigenvalue weighted by Gasteiger charge is -2.20. The van der Waals surface area contributed by atoms with Crippen molar-refractivity contribution in [3.8, 4) is 5.75 Å². The van der Waals surface area contributed by atoms with Crippen LogP contribution in [0.1, 0.15) is 61.8 Å². The molecule has 1 N–H and O–H groups in total. The minimum atomic E-state index is -0.713. The third-order valence-corrected chi connectivity index (χ3v) is 4.67. The zero-order valence-electron chi connectivity index (χ0n) is 13.7. The smallest absolute Gasteiger partial charge is 0.241 e. The zero-order chi connectivity index (χ0) is 16.1. The van der Waals surface area contributed by atoms with Crippen molar-refractivity contribution in [1.82, 2.24) is 5.32 Å². The monoisotopic (exact) mass is 306 g/mol. The van der Waals surface area contributed by atoms with E-state index >= 15 is 0 Å². The minimum Gasteiger partial charge on any atom is -0.496 e. The van der Waals surface area contributed by atoms with Gasteiger partial charge in [0, 0.05) is 23.9 Å². The van der Waals surface area contributed by atoms with E-state index in [0.717, 1.165) is 16.7 Å². The number of hydrogen-bond acceptors (Lipinski definition) is 4. The van der Waals surface area contributed by atoms with Crippen LogP contribution in [0.4, 0.5) is 0 Å². The van der Waals surface area contributed by atoms with Crippen molar-refractivity contribution in [1.29, 1.82) is 0 Å². The van der Waals surface area contributed by atoms with Gasteiger partial charge in [-0.05, 0) is 37.0 Å². The Morgan fingerprint density at radius 3 is 2.64 bits per heavy atom. The fraction of sp³-hybridized carbons (Fsp3) is 0.647. The summed E-state index contributed by atoms with van der Waals surface area (Å²) in [4.78, 5) is 11.3. The van der Waals surface area contributed by atoms with Gasteiger partial charge in [-0.15, -0.1) is 0 Å². The molecule has 0 saturated heterocycles. The van der Waals surface area contributed by atoms with E-state index in [1.807, 2.05) is 26.0 Å². The quantitative estimate of drug-likeness (QED) is 0.615. The second-order valence-corrected chi connectivity index (χ2v) is 6.05. The molecule has 22 heavy (non-hydrogen) atoms. The summed E-state index contributed by atoms with van der Waals surface area (Å²) >= 11 is 0. The van der Waals surface area contributed by atoms with Crippen LogP contribution < -0.4 is 10.1 Å². The van der Waals surface area contributed by atoms with Crippen molar-refractivity contribution in [2.75, 3.05) is 7.11 Å². The molecule has 1 aromatic rings. The molecule has 0 aromatic heterocycles. The largest absolute Gasteiger partial charge is 0.496 e. The average Bonchev–Trinajstić information content (AvgIpc) is 3.00. The van der Waals surface area contributed by atoms with Gasteiger partial charge in [-0.3, -0.25) is 10.1 Å². The fourth-order valence-corrected chi connectivity index (χ4v) is 3.37. The Labute approximate surface area is 132 Å². The molecule has 1 aliphatic carbocycles. The van der Waals surface area contributed by atoms with Crippen LogP contribution in [0.5, 0.6) is 5.75 Å². The number of rotatable bonds is 7. The van der Waals surface area contributed by atoms with Crippen molar-refractivity contribution in [2.45, 2.75) is 64.6 Å². The maximum atomic E-state index is 11.5. The number of methoxy groups -OCH3 is 1. The lowest BCUT2D eigenvalue weighted by Crippen LogP contribution is -2.27. The van der Waals surface area contributed by atoms with Gasteiger partial charge in [0.2, 0.25) is 6.04 Å². The highest BCUT2D eigenvalue weighted by Gasteiger charge is 2.29. The van der Waals surface area contributed by atoms with Gasteiger partial charge in [0.1, 0.15) is 5.75 Å². The van der Waals surface area contributed by atoms with Crippen molar-refractivity contribution < 1.29 is 9.66 Å². The predicted octanol–water partition coefficient (Wildman–Crippen LogP) is 3.76. The summed E-state index contributed by atoms with van der Waals surface area (Å²) in [6, 6.07) is 3.65. The highest BCUT2D eigenvalue weighted by Crippen LogP contribution is 2.34. The second-order valence-electron chi connectivity index (χ2n) is 6.05. The first kappa shape index (κ1) is 16.7. The molecule has 0 heterocycles. The standard InChI is InChI=1S/C17H26N2O3/c1-4-15(19(20)21)17-14(11-18-13-7-5-6-8-13)12(2)9-10-16(17)22-3/h9-10,13,15,18H,4-8,11H2,1-3H3. The predicted molar refractivity (Wildman–Crippen MR) is 86.9 cm³/mol. The number of hydrogen-bond donors (Lipinski definition) is 1. The summed E-state index contributed by atoms with van der Waals surface area (Å²) in [6.45, 7) is 4.54. The van der Waals surface area contributed by atoms with Gasteiger partial charge in [-0.25, -0.2) is 0 Å². The van der Waals surface area contributed by atoms with E-state index in [9.17, 15) is 10.1 Å². The molecule has 0 bridgehead atoms. The summed E-state index contributed by atoms with van der Waals surface area (Å²) in [7, 11) is 1.58. The molecular weight excluding hydrogens is 280 g/mol. The molecule has 0 amide bonds. The number of ether oxygens (including phenoxy) is 1. The highest BCUT2D eigenvalue weighted by molar-refractivity contribution is 5.46. The first-order valence-corrected chi connectivity index (χ1v) is 8.11. The van der Waals surface area contributed by atoms with Crippen LogP contribution in [0.15, 0.2) is 12.1 Å². The van der Waals surface area contributed by atoms with Gasteiger partial charge in [0.15, 0.2) is 0 Å². The first-order chi connectivity index (χ1) is 10.6. The average molecular weight is 306 g/mol. The van der Waals surface area contributed by atoms with Gasteiger partial charge in [0.05, 0.1) is 12.7 Å². The number of aryl methyl sites for hydroxylation is 1. The molecule has 1 saturated carbocycles. The van der Waals surface area contributed by atoms with Crippen LogP contribution in [0.2, 0.25) is 0 Å². The Bertz CT molecular complexity index is 525. The van der Waals surface area contributed by atoms with Crippen LogP contribution in [0.25, 0.3) is 0 Å². The molecule has 122 valence electrons. The van der Waals surface area contributed by atoms with Crippen LogP contribution in [0.3, 0.4) is 0 Å². The molecule has 0 aliphatic heterocycles. The molecule has 1 atom stereocenters. The highest BCUT2D eigenvalue weighted by atomic mass is 16.6. The number of benzene rings is 1. The fourth-order valence-electron chi connectivity index (χ4n) is 3.37. The summed E-state index contributed by atoms with van der Waals surface area (Å²) in [5.41, 5.74) is 2.84. The van der Waals surface area contributed by atoms with Gasteiger partial charge < -0.3 is 10.1 Å². The normalized spacial score (nSPS) is 16.7. The summed E-state index contributed by atoms with van der Waals surface area (Å²) < 4.78 is 5.41. The van der Waals surface area contributed by atoms with E-state index in [2.05, 4.69) is 5.32 Å². The third kappa shape index (κ3) is 3.58. The Morgan fingerprint density at radius 2 is 2.09 bits per heavy atom. The number of nitrogens with one attached hydrogen (secondary N) is 1. The van der Waals surface area contributed by atoms with Gasteiger partial charge in [0.25, 0.3) is 0 Å². The van der Waals surface area contributed by atoms with Crippen LogP contribution >= 0.6 is 0 Å². The van der Waals surface area contributed by atoms with Gasteiger partial charge in [-0.1, -0.05) is 25.8 Å². The summed E-state index contributed by atoms with van der Waals surface area (Å²) in [5, 5.41) is 15.0. The van der Waals surface area contributed by atoms with Crippen molar-refractivity contribution in [2.24, 2.45) is 0 Å². The zero-order valence-corrected chi connectivity index (χ0v) is 13.7. The van der Waals surface area contributed by atoms with Crippen LogP contribution in [-0.4, -0.2) is 18.1 Å². The van der Waals surface area contributed by atoms with Crippen molar-refractivity contribution in [3.63, 3.8) is 0 Å². The SMILES string of the molecule is CCC(c1c(OC)ccc(C)c1CNC1CCCC1)[N+](=O)[O-]. The minimum absolute atomic E-state index is 0.198.